The molecule has 1 saturated heterocycles. The number of carbonyl (C=O) groups is 2. The summed E-state index contributed by atoms with van der Waals surface area (Å²) < 4.78 is 13.3. The average Bonchev–Trinajstić information content (AvgIpc) is 3.12. The van der Waals surface area contributed by atoms with Crippen LogP contribution in [0.3, 0.4) is 0 Å². The number of ether oxygens (including phenoxy) is 2. The maximum Gasteiger partial charge on any atom is 0.220 e. The second-order valence-electron chi connectivity index (χ2n) is 12.1. The first kappa shape index (κ1) is 35.2. The van der Waals surface area contributed by atoms with Crippen LogP contribution < -0.4 is 10.6 Å². The van der Waals surface area contributed by atoms with Gasteiger partial charge < -0.3 is 25.2 Å². The van der Waals surface area contributed by atoms with Crippen LogP contribution >= 0.6 is 11.8 Å². The van der Waals surface area contributed by atoms with Gasteiger partial charge in [0.2, 0.25) is 11.8 Å². The van der Waals surface area contributed by atoms with E-state index in [1.807, 2.05) is 48.5 Å². The third kappa shape index (κ3) is 10.2. The standard InChI is InChI=1S/C38H44N4O5S/c1-26-34(25-48-38-40-19-8-20-41-38)46-37(47-36(26)30-16-14-28(24-43)15-17-30)33-12-7-11-32(22-33)31-10-6-9-29(21-31)23-42-35(45)13-4-3-5-18-39-27(2)44/h6-12,14-17,19-22,26,34,36-37,43H,3-5,13,18,23-25H2,1-2H3,(H,39,44)(H,42,45). The van der Waals surface area contributed by atoms with Crippen molar-refractivity contribution in [3.8, 4) is 11.1 Å². The summed E-state index contributed by atoms with van der Waals surface area (Å²) in [5.41, 5.74) is 5.89. The number of hydrogen-bond acceptors (Lipinski definition) is 8. The molecule has 3 aromatic carbocycles. The highest BCUT2D eigenvalue weighted by Crippen LogP contribution is 2.43. The fourth-order valence-electron chi connectivity index (χ4n) is 5.69. The van der Waals surface area contributed by atoms with Crippen LogP contribution in [0.4, 0.5) is 0 Å². The Kier molecular flexibility index (Phi) is 13.1. The van der Waals surface area contributed by atoms with E-state index >= 15 is 0 Å². The van der Waals surface area contributed by atoms with Crippen molar-refractivity contribution in [3.05, 3.63) is 114 Å². The Hall–Kier alpha value is -4.09. The monoisotopic (exact) mass is 668 g/mol. The van der Waals surface area contributed by atoms with Crippen LogP contribution in [0.1, 0.15) is 74.2 Å². The molecule has 0 spiro atoms. The molecule has 4 aromatic rings. The topological polar surface area (TPSA) is 123 Å². The maximum atomic E-state index is 12.4. The third-order valence-corrected chi connectivity index (χ3v) is 9.37. The van der Waals surface area contributed by atoms with Crippen molar-refractivity contribution in [3.63, 3.8) is 0 Å². The second-order valence-corrected chi connectivity index (χ2v) is 13.0. The minimum atomic E-state index is -0.591. The van der Waals surface area contributed by atoms with Gasteiger partial charge >= 0.3 is 0 Å². The van der Waals surface area contributed by atoms with Gasteiger partial charge in [-0.15, -0.1) is 0 Å². The minimum Gasteiger partial charge on any atom is -0.392 e. The van der Waals surface area contributed by atoms with Crippen molar-refractivity contribution in [1.29, 1.82) is 0 Å². The normalized spacial score (nSPS) is 19.1. The van der Waals surface area contributed by atoms with E-state index in [4.69, 9.17) is 9.47 Å². The summed E-state index contributed by atoms with van der Waals surface area (Å²) in [7, 11) is 0. The first-order valence-corrected chi connectivity index (χ1v) is 17.5. The molecule has 1 aromatic heterocycles. The molecule has 4 atom stereocenters. The van der Waals surface area contributed by atoms with Gasteiger partial charge in [0.05, 0.1) is 18.8 Å². The maximum absolute atomic E-state index is 12.4. The van der Waals surface area contributed by atoms with Crippen LogP contribution in [0.15, 0.2) is 96.4 Å². The molecule has 3 N–H and O–H groups in total. The minimum absolute atomic E-state index is 0.00801. The van der Waals surface area contributed by atoms with Crippen molar-refractivity contribution < 1.29 is 24.2 Å². The summed E-state index contributed by atoms with van der Waals surface area (Å²) in [4.78, 5) is 32.2. The van der Waals surface area contributed by atoms with Crippen molar-refractivity contribution in [1.82, 2.24) is 20.6 Å². The Balaban J connectivity index is 1.26. The van der Waals surface area contributed by atoms with Crippen LogP contribution in [-0.2, 0) is 32.2 Å². The molecule has 2 amide bonds. The van der Waals surface area contributed by atoms with Crippen LogP contribution in [0, 0.1) is 5.92 Å². The molecule has 5 rings (SSSR count). The van der Waals surface area contributed by atoms with Crippen molar-refractivity contribution >= 4 is 23.6 Å². The number of nitrogens with one attached hydrogen (secondary N) is 2. The zero-order valence-electron chi connectivity index (χ0n) is 27.5. The number of nitrogens with zero attached hydrogens (tertiary/aromatic N) is 2. The molecule has 1 fully saturated rings. The number of aromatic nitrogens is 2. The van der Waals surface area contributed by atoms with E-state index in [2.05, 4.69) is 51.8 Å². The van der Waals surface area contributed by atoms with Crippen molar-refractivity contribution in [2.24, 2.45) is 5.92 Å². The third-order valence-electron chi connectivity index (χ3n) is 8.41. The Bertz CT molecular complexity index is 1620. The molecule has 1 aliphatic rings. The molecule has 0 bridgehead atoms. The number of benzene rings is 3. The number of rotatable bonds is 15. The molecular formula is C38H44N4O5S. The van der Waals surface area contributed by atoms with Gasteiger partial charge in [0, 0.05) is 56.1 Å². The van der Waals surface area contributed by atoms with E-state index in [-0.39, 0.29) is 36.5 Å². The summed E-state index contributed by atoms with van der Waals surface area (Å²) in [6, 6.07) is 26.1. The quantitative estimate of drug-likeness (QED) is 0.0743. The fraction of sp³-hybridized carbons (Fsp3) is 0.368. The molecule has 2 heterocycles. The predicted molar refractivity (Wildman–Crippen MR) is 187 cm³/mol. The van der Waals surface area contributed by atoms with Gasteiger partial charge in [0.25, 0.3) is 0 Å². The van der Waals surface area contributed by atoms with E-state index in [0.29, 0.717) is 30.4 Å². The van der Waals surface area contributed by atoms with E-state index in [1.165, 1.54) is 6.92 Å². The number of aliphatic hydroxyl groups excluding tert-OH is 1. The molecule has 0 saturated carbocycles. The van der Waals surface area contributed by atoms with Crippen molar-refractivity contribution in [2.45, 2.75) is 76.3 Å². The zero-order chi connectivity index (χ0) is 33.7. The molecule has 0 radical (unpaired) electrons. The predicted octanol–water partition coefficient (Wildman–Crippen LogP) is 6.53. The van der Waals surface area contributed by atoms with E-state index < -0.39 is 6.29 Å². The largest absolute Gasteiger partial charge is 0.392 e. The highest BCUT2D eigenvalue weighted by atomic mass is 32.2. The van der Waals surface area contributed by atoms with E-state index in [1.54, 1.807) is 30.2 Å². The fourth-order valence-corrected chi connectivity index (χ4v) is 6.66. The molecular weight excluding hydrogens is 625 g/mol. The Morgan fingerprint density at radius 3 is 2.33 bits per heavy atom. The second kappa shape index (κ2) is 17.9. The van der Waals surface area contributed by atoms with Crippen molar-refractivity contribution in [2.75, 3.05) is 12.3 Å². The number of unbranched alkanes of at least 4 members (excludes halogenated alkanes) is 2. The number of thioether (sulfide) groups is 1. The summed E-state index contributed by atoms with van der Waals surface area (Å²) in [6.07, 6.45) is 5.56. The summed E-state index contributed by atoms with van der Waals surface area (Å²) in [5, 5.41) is 16.1. The zero-order valence-corrected chi connectivity index (χ0v) is 28.3. The molecule has 4 unspecified atom stereocenters. The summed E-state index contributed by atoms with van der Waals surface area (Å²) in [6.45, 7) is 4.74. The lowest BCUT2D eigenvalue weighted by molar-refractivity contribution is -0.268. The SMILES string of the molecule is CC(=O)NCCCCCC(=O)NCc1cccc(-c2cccc(C3OC(CSc4ncccn4)C(C)C(c4ccc(CO)cc4)O3)c2)c1. The van der Waals surface area contributed by atoms with Crippen LogP contribution in [-0.4, -0.2) is 45.3 Å². The number of amides is 2. The first-order chi connectivity index (χ1) is 23.4. The van der Waals surface area contributed by atoms with Crippen LogP contribution in [0.25, 0.3) is 11.1 Å². The Morgan fingerprint density at radius 1 is 0.833 bits per heavy atom. The van der Waals surface area contributed by atoms with Gasteiger partial charge in [-0.3, -0.25) is 9.59 Å². The smallest absolute Gasteiger partial charge is 0.220 e. The van der Waals surface area contributed by atoms with Gasteiger partial charge in [0.15, 0.2) is 11.4 Å². The van der Waals surface area contributed by atoms with Gasteiger partial charge in [-0.05, 0) is 58.9 Å². The highest BCUT2D eigenvalue weighted by molar-refractivity contribution is 7.99. The lowest BCUT2D eigenvalue weighted by atomic mass is 9.91. The molecule has 252 valence electrons. The van der Waals surface area contributed by atoms with Gasteiger partial charge in [-0.2, -0.15) is 0 Å². The molecule has 48 heavy (non-hydrogen) atoms. The first-order valence-electron chi connectivity index (χ1n) is 16.5. The van der Waals surface area contributed by atoms with Crippen LogP contribution in [0.5, 0.6) is 0 Å². The lowest BCUT2D eigenvalue weighted by Gasteiger charge is -2.41. The number of carbonyl (C=O) groups excluding carboxylic acids is 2. The summed E-state index contributed by atoms with van der Waals surface area (Å²) in [5.74, 6) is 0.715. The van der Waals surface area contributed by atoms with E-state index in [0.717, 1.165) is 52.6 Å². The molecule has 9 nitrogen and oxygen atoms in total. The average molecular weight is 669 g/mol. The lowest BCUT2D eigenvalue weighted by Crippen LogP contribution is -2.38. The Labute approximate surface area is 286 Å². The Morgan fingerprint density at radius 2 is 1.58 bits per heavy atom. The highest BCUT2D eigenvalue weighted by Gasteiger charge is 2.38. The number of aliphatic hydroxyl groups is 1. The number of hydrogen-bond donors (Lipinski definition) is 3. The van der Waals surface area contributed by atoms with Gasteiger partial charge in [0.1, 0.15) is 0 Å². The molecule has 0 aliphatic carbocycles. The van der Waals surface area contributed by atoms with E-state index in [9.17, 15) is 14.7 Å². The van der Waals surface area contributed by atoms with Gasteiger partial charge in [-0.1, -0.05) is 85.8 Å². The molecule has 10 heteroatoms. The van der Waals surface area contributed by atoms with Gasteiger partial charge in [-0.25, -0.2) is 9.97 Å². The summed E-state index contributed by atoms with van der Waals surface area (Å²) >= 11 is 1.57. The molecule has 1 aliphatic heterocycles. The van der Waals surface area contributed by atoms with Crippen LogP contribution in [0.2, 0.25) is 0 Å².